The Bertz CT molecular complexity index is 631. The molecule has 1 unspecified atom stereocenters. The van der Waals surface area contributed by atoms with E-state index in [0.717, 1.165) is 12.8 Å². The highest BCUT2D eigenvalue weighted by atomic mass is 35.5. The van der Waals surface area contributed by atoms with Crippen molar-refractivity contribution in [1.82, 2.24) is 4.72 Å². The summed E-state index contributed by atoms with van der Waals surface area (Å²) in [4.78, 5) is 0.103. The van der Waals surface area contributed by atoms with Gasteiger partial charge >= 0.3 is 0 Å². The van der Waals surface area contributed by atoms with Crippen LogP contribution in [0.3, 0.4) is 0 Å². The third-order valence-electron chi connectivity index (χ3n) is 3.82. The summed E-state index contributed by atoms with van der Waals surface area (Å²) >= 11 is 5.88. The first-order chi connectivity index (χ1) is 9.44. The van der Waals surface area contributed by atoms with E-state index in [1.54, 1.807) is 0 Å². The van der Waals surface area contributed by atoms with Crippen molar-refractivity contribution in [1.29, 1.82) is 5.26 Å². The first kappa shape index (κ1) is 15.3. The summed E-state index contributed by atoms with van der Waals surface area (Å²) in [6, 6.07) is 5.99. The van der Waals surface area contributed by atoms with Crippen molar-refractivity contribution < 1.29 is 8.42 Å². The van der Waals surface area contributed by atoms with Gasteiger partial charge in [-0.3, -0.25) is 0 Å². The average molecular weight is 313 g/mol. The fraction of sp³-hybridized carbons (Fsp3) is 0.500. The number of hydrogen-bond acceptors (Lipinski definition) is 3. The zero-order valence-corrected chi connectivity index (χ0v) is 12.8. The second-order valence-electron chi connectivity index (χ2n) is 5.21. The van der Waals surface area contributed by atoms with Crippen molar-refractivity contribution in [3.8, 4) is 6.07 Å². The minimum absolute atomic E-state index is 0.0862. The lowest BCUT2D eigenvalue weighted by atomic mass is 10.0. The van der Waals surface area contributed by atoms with Gasteiger partial charge in [0.1, 0.15) is 6.07 Å². The second-order valence-corrected chi connectivity index (χ2v) is 7.33. The molecule has 0 heterocycles. The molecule has 0 amide bonds. The van der Waals surface area contributed by atoms with Crippen molar-refractivity contribution in [3.63, 3.8) is 0 Å². The normalized spacial score (nSPS) is 17.9. The quantitative estimate of drug-likeness (QED) is 0.928. The number of hydrogen-bond donors (Lipinski definition) is 1. The maximum absolute atomic E-state index is 12.3. The maximum atomic E-state index is 12.3. The summed E-state index contributed by atoms with van der Waals surface area (Å²) in [5.74, 6) is 0.402. The zero-order chi connectivity index (χ0) is 14.8. The van der Waals surface area contributed by atoms with Gasteiger partial charge in [-0.05, 0) is 43.9 Å². The highest BCUT2D eigenvalue weighted by molar-refractivity contribution is 7.89. The van der Waals surface area contributed by atoms with Gasteiger partial charge in [0.05, 0.1) is 15.5 Å². The van der Waals surface area contributed by atoms with E-state index in [1.807, 2.05) is 13.0 Å². The molecule has 2 rings (SSSR count). The molecule has 20 heavy (non-hydrogen) atoms. The van der Waals surface area contributed by atoms with E-state index in [-0.39, 0.29) is 21.5 Å². The smallest absolute Gasteiger partial charge is 0.208 e. The van der Waals surface area contributed by atoms with Crippen molar-refractivity contribution >= 4 is 21.6 Å². The molecule has 1 atom stereocenters. The Morgan fingerprint density at radius 3 is 2.60 bits per heavy atom. The van der Waals surface area contributed by atoms with E-state index in [9.17, 15) is 8.42 Å². The first-order valence-corrected chi connectivity index (χ1v) is 8.52. The van der Waals surface area contributed by atoms with E-state index < -0.39 is 10.0 Å². The molecule has 1 saturated carbocycles. The van der Waals surface area contributed by atoms with Crippen LogP contribution in [0.4, 0.5) is 0 Å². The molecular weight excluding hydrogens is 296 g/mol. The fourth-order valence-corrected chi connectivity index (χ4v) is 4.25. The van der Waals surface area contributed by atoms with Crippen molar-refractivity contribution in [2.75, 3.05) is 0 Å². The summed E-state index contributed by atoms with van der Waals surface area (Å²) in [5.41, 5.74) is 0.273. The molecule has 108 valence electrons. The van der Waals surface area contributed by atoms with E-state index in [4.69, 9.17) is 16.9 Å². The van der Waals surface area contributed by atoms with Crippen LogP contribution in [0.5, 0.6) is 0 Å². The van der Waals surface area contributed by atoms with E-state index in [2.05, 4.69) is 4.72 Å². The molecule has 6 heteroatoms. The highest BCUT2D eigenvalue weighted by Crippen LogP contribution is 2.28. The maximum Gasteiger partial charge on any atom is 0.240 e. The van der Waals surface area contributed by atoms with Gasteiger partial charge in [-0.15, -0.1) is 0 Å². The third kappa shape index (κ3) is 3.32. The molecule has 1 aliphatic carbocycles. The molecule has 4 nitrogen and oxygen atoms in total. The van der Waals surface area contributed by atoms with Gasteiger partial charge in [-0.2, -0.15) is 5.26 Å². The van der Waals surface area contributed by atoms with Gasteiger partial charge in [-0.25, -0.2) is 13.1 Å². The number of sulfonamides is 1. The number of rotatable bonds is 4. The number of nitrogens with one attached hydrogen (secondary N) is 1. The lowest BCUT2D eigenvalue weighted by Crippen LogP contribution is -2.37. The van der Waals surface area contributed by atoms with Crippen LogP contribution in [0.25, 0.3) is 0 Å². The fourth-order valence-electron chi connectivity index (χ4n) is 2.62. The molecule has 0 aliphatic heterocycles. The van der Waals surface area contributed by atoms with Crippen LogP contribution in [0.15, 0.2) is 23.1 Å². The van der Waals surface area contributed by atoms with Crippen molar-refractivity contribution in [3.05, 3.63) is 28.8 Å². The number of nitriles is 1. The number of halogens is 1. The van der Waals surface area contributed by atoms with E-state index in [0.29, 0.717) is 5.92 Å². The van der Waals surface area contributed by atoms with Crippen LogP contribution in [0, 0.1) is 17.2 Å². The van der Waals surface area contributed by atoms with E-state index in [1.165, 1.54) is 31.0 Å². The van der Waals surface area contributed by atoms with Crippen LogP contribution in [0.1, 0.15) is 38.2 Å². The molecule has 1 aliphatic rings. The summed E-state index contributed by atoms with van der Waals surface area (Å²) < 4.78 is 27.3. The van der Waals surface area contributed by atoms with Gasteiger partial charge < -0.3 is 0 Å². The van der Waals surface area contributed by atoms with Gasteiger partial charge in [0, 0.05) is 6.04 Å². The Hall–Kier alpha value is -1.09. The van der Waals surface area contributed by atoms with Crippen LogP contribution < -0.4 is 4.72 Å². The minimum atomic E-state index is -3.59. The summed E-state index contributed by atoms with van der Waals surface area (Å²) in [5, 5.41) is 8.96. The van der Waals surface area contributed by atoms with Crippen LogP contribution in [0.2, 0.25) is 5.02 Å². The molecule has 0 saturated heterocycles. The Morgan fingerprint density at radius 2 is 2.05 bits per heavy atom. The largest absolute Gasteiger partial charge is 0.240 e. The Balaban J connectivity index is 2.18. The summed E-state index contributed by atoms with van der Waals surface area (Å²) in [7, 11) is -3.59. The molecule has 1 aromatic rings. The molecule has 0 aromatic heterocycles. The number of benzene rings is 1. The molecule has 0 bridgehead atoms. The average Bonchev–Trinajstić information content (AvgIpc) is 2.92. The summed E-state index contributed by atoms with van der Waals surface area (Å²) in [6.45, 7) is 1.90. The van der Waals surface area contributed by atoms with Crippen molar-refractivity contribution in [2.45, 2.75) is 43.5 Å². The molecule has 0 radical (unpaired) electrons. The predicted octanol–water partition coefficient (Wildman–Crippen LogP) is 3.07. The monoisotopic (exact) mass is 312 g/mol. The Kier molecular flexibility index (Phi) is 4.69. The molecule has 1 fully saturated rings. The van der Waals surface area contributed by atoms with Gasteiger partial charge in [0.15, 0.2) is 0 Å². The molecule has 1 aromatic carbocycles. The topological polar surface area (TPSA) is 70.0 Å². The second kappa shape index (κ2) is 6.13. The van der Waals surface area contributed by atoms with Crippen LogP contribution in [-0.4, -0.2) is 14.5 Å². The SMILES string of the molecule is CC(NS(=O)(=O)c1ccc(C#N)c(Cl)c1)C1CCCC1. The minimum Gasteiger partial charge on any atom is -0.208 e. The predicted molar refractivity (Wildman–Crippen MR) is 77.9 cm³/mol. The Morgan fingerprint density at radius 1 is 1.40 bits per heavy atom. The standard InChI is InChI=1S/C14H17ClN2O2S/c1-10(11-4-2-3-5-11)17-20(18,19)13-7-6-12(9-16)14(15)8-13/h6-8,10-11,17H,2-5H2,1H3. The lowest BCUT2D eigenvalue weighted by Gasteiger charge is -2.20. The van der Waals surface area contributed by atoms with Crippen LogP contribution >= 0.6 is 11.6 Å². The first-order valence-electron chi connectivity index (χ1n) is 6.66. The van der Waals surface area contributed by atoms with Gasteiger partial charge in [-0.1, -0.05) is 24.4 Å². The molecular formula is C14H17ClN2O2S. The zero-order valence-electron chi connectivity index (χ0n) is 11.3. The van der Waals surface area contributed by atoms with Crippen LogP contribution in [-0.2, 0) is 10.0 Å². The third-order valence-corrected chi connectivity index (χ3v) is 5.69. The highest BCUT2D eigenvalue weighted by Gasteiger charge is 2.26. The Labute approximate surface area is 124 Å². The van der Waals surface area contributed by atoms with Gasteiger partial charge in [0.25, 0.3) is 0 Å². The molecule has 1 N–H and O–H groups in total. The van der Waals surface area contributed by atoms with E-state index >= 15 is 0 Å². The number of nitrogens with zero attached hydrogens (tertiary/aromatic N) is 1. The van der Waals surface area contributed by atoms with Gasteiger partial charge in [0.2, 0.25) is 10.0 Å². The molecule has 0 spiro atoms. The summed E-state index contributed by atoms with van der Waals surface area (Å²) in [6.07, 6.45) is 4.47. The lowest BCUT2D eigenvalue weighted by molar-refractivity contribution is 0.424. The van der Waals surface area contributed by atoms with Crippen molar-refractivity contribution in [2.24, 2.45) is 5.92 Å².